The average Bonchev–Trinajstić information content (AvgIpc) is 2.87. The second-order valence-electron chi connectivity index (χ2n) is 6.45. The molecule has 0 saturated carbocycles. The lowest BCUT2D eigenvalue weighted by Crippen LogP contribution is -2.47. The summed E-state index contributed by atoms with van der Waals surface area (Å²) < 4.78 is 4.99. The van der Waals surface area contributed by atoms with Crippen molar-refractivity contribution >= 4 is 12.0 Å². The van der Waals surface area contributed by atoms with E-state index in [-0.39, 0.29) is 24.5 Å². The maximum absolute atomic E-state index is 12.6. The number of hydrogen-bond donors (Lipinski definition) is 1. The molecule has 22 heavy (non-hydrogen) atoms. The quantitative estimate of drug-likeness (QED) is 0.552. The van der Waals surface area contributed by atoms with Crippen molar-refractivity contribution in [1.82, 2.24) is 4.90 Å². The van der Waals surface area contributed by atoms with Crippen LogP contribution in [-0.4, -0.2) is 40.8 Å². The normalized spacial score (nSPS) is 20.9. The third kappa shape index (κ3) is 4.32. The number of carbonyl (C=O) groups excluding carboxylic acids is 2. The van der Waals surface area contributed by atoms with E-state index in [4.69, 9.17) is 4.74 Å². The lowest BCUT2D eigenvalue weighted by Gasteiger charge is -2.28. The van der Waals surface area contributed by atoms with E-state index in [2.05, 4.69) is 13.5 Å². The summed E-state index contributed by atoms with van der Waals surface area (Å²) in [5.41, 5.74) is 0.656. The molecule has 3 atom stereocenters. The van der Waals surface area contributed by atoms with Crippen molar-refractivity contribution in [2.45, 2.75) is 65.5 Å². The molecule has 1 fully saturated rings. The summed E-state index contributed by atoms with van der Waals surface area (Å²) in [6, 6.07) is -0.261. The fraction of sp³-hybridized carbons (Fsp3) is 0.765. The number of aliphatic hydroxyl groups is 1. The second-order valence-corrected chi connectivity index (χ2v) is 6.45. The molecule has 0 aromatic carbocycles. The zero-order valence-electron chi connectivity index (χ0n) is 14.2. The molecular formula is C17H29NO4. The van der Waals surface area contributed by atoms with Crippen LogP contribution in [-0.2, 0) is 9.53 Å². The number of unbranched alkanes of at least 4 members (excludes halogenated alkanes) is 2. The molecule has 1 heterocycles. The number of ether oxygens (including phenoxy) is 1. The number of hydrogen-bond acceptors (Lipinski definition) is 4. The number of rotatable bonds is 8. The molecule has 0 aromatic heterocycles. The van der Waals surface area contributed by atoms with Crippen molar-refractivity contribution in [3.05, 3.63) is 12.2 Å². The van der Waals surface area contributed by atoms with E-state index < -0.39 is 18.1 Å². The Morgan fingerprint density at radius 2 is 2.05 bits per heavy atom. The Morgan fingerprint density at radius 3 is 2.59 bits per heavy atom. The van der Waals surface area contributed by atoms with E-state index in [0.717, 1.165) is 24.2 Å². The van der Waals surface area contributed by atoms with Gasteiger partial charge in [0, 0.05) is 0 Å². The molecule has 0 bridgehead atoms. The standard InChI is InChI=1S/C17H29NO4/c1-6-7-8-9-12(4)15(19)13(5)16(20)18-14(11(2)3)10-22-17(18)21/h11,13-15,19H,4,6-10H2,1-3,5H3/t13-,14+,15+/m0/s1. The minimum atomic E-state index is -0.925. The van der Waals surface area contributed by atoms with Crippen LogP contribution >= 0.6 is 0 Å². The first kappa shape index (κ1) is 18.7. The van der Waals surface area contributed by atoms with Gasteiger partial charge in [-0.1, -0.05) is 47.1 Å². The Kier molecular flexibility index (Phi) is 7.07. The van der Waals surface area contributed by atoms with Gasteiger partial charge in [-0.05, 0) is 24.3 Å². The van der Waals surface area contributed by atoms with Crippen molar-refractivity contribution in [2.75, 3.05) is 6.61 Å². The maximum atomic E-state index is 12.6. The Morgan fingerprint density at radius 1 is 1.41 bits per heavy atom. The second kappa shape index (κ2) is 8.32. The molecule has 0 spiro atoms. The number of amides is 2. The van der Waals surface area contributed by atoms with Gasteiger partial charge < -0.3 is 9.84 Å². The number of carbonyl (C=O) groups is 2. The van der Waals surface area contributed by atoms with Crippen LogP contribution in [0.3, 0.4) is 0 Å². The first-order valence-corrected chi connectivity index (χ1v) is 8.16. The predicted octanol–water partition coefficient (Wildman–Crippen LogP) is 3.12. The summed E-state index contributed by atoms with van der Waals surface area (Å²) in [5.74, 6) is -0.959. The molecule has 0 aliphatic carbocycles. The highest BCUT2D eigenvalue weighted by molar-refractivity contribution is 5.95. The van der Waals surface area contributed by atoms with Crippen LogP contribution in [0.15, 0.2) is 12.2 Å². The van der Waals surface area contributed by atoms with Crippen LogP contribution in [0, 0.1) is 11.8 Å². The highest BCUT2D eigenvalue weighted by Crippen LogP contribution is 2.25. The highest BCUT2D eigenvalue weighted by Gasteiger charge is 2.42. The lowest BCUT2D eigenvalue weighted by molar-refractivity contribution is -0.136. The molecule has 5 heteroatoms. The minimum absolute atomic E-state index is 0.118. The van der Waals surface area contributed by atoms with Gasteiger partial charge in [0.25, 0.3) is 0 Å². The van der Waals surface area contributed by atoms with Gasteiger partial charge in [0.15, 0.2) is 0 Å². The van der Waals surface area contributed by atoms with Gasteiger partial charge in [0.05, 0.1) is 18.1 Å². The van der Waals surface area contributed by atoms with E-state index in [0.29, 0.717) is 12.0 Å². The molecule has 1 N–H and O–H groups in total. The lowest BCUT2D eigenvalue weighted by atomic mass is 9.92. The zero-order chi connectivity index (χ0) is 16.9. The molecule has 1 saturated heterocycles. The Bertz CT molecular complexity index is 419. The molecule has 1 rings (SSSR count). The van der Waals surface area contributed by atoms with E-state index >= 15 is 0 Å². The molecule has 1 aliphatic rings. The highest BCUT2D eigenvalue weighted by atomic mass is 16.6. The van der Waals surface area contributed by atoms with Gasteiger partial charge >= 0.3 is 6.09 Å². The van der Waals surface area contributed by atoms with Crippen molar-refractivity contribution in [3.63, 3.8) is 0 Å². The number of aliphatic hydroxyl groups excluding tert-OH is 1. The maximum Gasteiger partial charge on any atom is 0.416 e. The molecular weight excluding hydrogens is 282 g/mol. The van der Waals surface area contributed by atoms with Crippen LogP contribution in [0.1, 0.15) is 53.4 Å². The molecule has 0 aromatic rings. The fourth-order valence-corrected chi connectivity index (χ4v) is 2.64. The van der Waals surface area contributed by atoms with E-state index in [1.54, 1.807) is 6.92 Å². The largest absolute Gasteiger partial charge is 0.447 e. The van der Waals surface area contributed by atoms with E-state index in [1.807, 2.05) is 13.8 Å². The monoisotopic (exact) mass is 311 g/mol. The third-order valence-corrected chi connectivity index (χ3v) is 4.30. The van der Waals surface area contributed by atoms with Gasteiger partial charge in [-0.25, -0.2) is 9.69 Å². The van der Waals surface area contributed by atoms with Gasteiger partial charge in [0.1, 0.15) is 6.61 Å². The smallest absolute Gasteiger partial charge is 0.416 e. The molecule has 5 nitrogen and oxygen atoms in total. The van der Waals surface area contributed by atoms with Crippen molar-refractivity contribution in [3.8, 4) is 0 Å². The van der Waals surface area contributed by atoms with Crippen LogP contribution in [0.5, 0.6) is 0 Å². The SMILES string of the molecule is C=C(CCCCC)[C@@H](O)[C@H](C)C(=O)N1C(=O)OC[C@@H]1C(C)C. The van der Waals surface area contributed by atoms with Gasteiger partial charge in [-0.3, -0.25) is 4.79 Å². The first-order chi connectivity index (χ1) is 10.3. The Hall–Kier alpha value is -1.36. The average molecular weight is 311 g/mol. The third-order valence-electron chi connectivity index (χ3n) is 4.30. The predicted molar refractivity (Wildman–Crippen MR) is 85.3 cm³/mol. The van der Waals surface area contributed by atoms with Gasteiger partial charge in [-0.15, -0.1) is 0 Å². The van der Waals surface area contributed by atoms with Crippen LogP contribution < -0.4 is 0 Å². The summed E-state index contributed by atoms with van der Waals surface area (Å²) in [4.78, 5) is 25.6. The van der Waals surface area contributed by atoms with Crippen LogP contribution in [0.2, 0.25) is 0 Å². The van der Waals surface area contributed by atoms with Gasteiger partial charge in [0.2, 0.25) is 5.91 Å². The minimum Gasteiger partial charge on any atom is -0.447 e. The summed E-state index contributed by atoms with van der Waals surface area (Å²) in [6.45, 7) is 11.7. The van der Waals surface area contributed by atoms with Gasteiger partial charge in [-0.2, -0.15) is 0 Å². The summed E-state index contributed by atoms with van der Waals surface area (Å²) >= 11 is 0. The Balaban J connectivity index is 2.70. The Labute approximate surface area is 133 Å². The van der Waals surface area contributed by atoms with Crippen LogP contribution in [0.4, 0.5) is 4.79 Å². The van der Waals surface area contributed by atoms with Crippen molar-refractivity contribution in [2.24, 2.45) is 11.8 Å². The molecule has 126 valence electrons. The summed E-state index contributed by atoms with van der Waals surface area (Å²) in [5, 5.41) is 10.3. The molecule has 1 aliphatic heterocycles. The molecule has 2 amide bonds. The number of cyclic esters (lactones) is 1. The first-order valence-electron chi connectivity index (χ1n) is 8.16. The van der Waals surface area contributed by atoms with E-state index in [9.17, 15) is 14.7 Å². The van der Waals surface area contributed by atoms with Crippen molar-refractivity contribution in [1.29, 1.82) is 0 Å². The fourth-order valence-electron chi connectivity index (χ4n) is 2.64. The van der Waals surface area contributed by atoms with Crippen LogP contribution in [0.25, 0.3) is 0 Å². The van der Waals surface area contributed by atoms with E-state index in [1.165, 1.54) is 0 Å². The molecule has 0 radical (unpaired) electrons. The zero-order valence-corrected chi connectivity index (χ0v) is 14.2. The topological polar surface area (TPSA) is 66.8 Å². The summed E-state index contributed by atoms with van der Waals surface area (Å²) in [6.07, 6.45) is 2.28. The summed E-state index contributed by atoms with van der Waals surface area (Å²) in [7, 11) is 0. The number of imide groups is 1. The molecule has 0 unspecified atom stereocenters. The van der Waals surface area contributed by atoms with Crippen molar-refractivity contribution < 1.29 is 19.4 Å². The number of nitrogens with zero attached hydrogens (tertiary/aromatic N) is 1.